The first kappa shape index (κ1) is 15.4. The van der Waals surface area contributed by atoms with Gasteiger partial charge >= 0.3 is 5.97 Å². The molecule has 1 heterocycles. The molecule has 6 nitrogen and oxygen atoms in total. The molecule has 1 aliphatic rings. The largest absolute Gasteiger partial charge is 0.481 e. The highest BCUT2D eigenvalue weighted by Gasteiger charge is 2.28. The van der Waals surface area contributed by atoms with Crippen LogP contribution in [0.3, 0.4) is 0 Å². The van der Waals surface area contributed by atoms with E-state index in [4.69, 9.17) is 5.11 Å². The molecule has 0 aromatic carbocycles. The third-order valence-corrected chi connectivity index (χ3v) is 5.08. The van der Waals surface area contributed by atoms with Crippen LogP contribution in [0.2, 0.25) is 0 Å². The monoisotopic (exact) mass is 278 g/mol. The molecular formula is C11H22N2O4S. The summed E-state index contributed by atoms with van der Waals surface area (Å²) in [5, 5.41) is 11.6. The third-order valence-electron chi connectivity index (χ3n) is 3.16. The van der Waals surface area contributed by atoms with Gasteiger partial charge in [0, 0.05) is 19.5 Å². The highest BCUT2D eigenvalue weighted by Crippen LogP contribution is 2.19. The Kier molecular flexibility index (Phi) is 6.04. The number of sulfonamides is 1. The SMILES string of the molecule is CNCC1CCCN(S(=O)(=O)CCCC(=O)O)C1. The van der Waals surface area contributed by atoms with E-state index in [1.807, 2.05) is 7.05 Å². The van der Waals surface area contributed by atoms with Gasteiger partial charge in [0.25, 0.3) is 0 Å². The fourth-order valence-electron chi connectivity index (χ4n) is 2.27. The van der Waals surface area contributed by atoms with Crippen LogP contribution in [0, 0.1) is 5.92 Å². The lowest BCUT2D eigenvalue weighted by Crippen LogP contribution is -2.43. The summed E-state index contributed by atoms with van der Waals surface area (Å²) in [7, 11) is -1.43. The average molecular weight is 278 g/mol. The van der Waals surface area contributed by atoms with Gasteiger partial charge in [-0.2, -0.15) is 0 Å². The molecule has 1 fully saturated rings. The Hall–Kier alpha value is -0.660. The van der Waals surface area contributed by atoms with E-state index in [2.05, 4.69) is 5.32 Å². The Labute approximate surface area is 108 Å². The van der Waals surface area contributed by atoms with E-state index in [9.17, 15) is 13.2 Å². The summed E-state index contributed by atoms with van der Waals surface area (Å²) < 4.78 is 25.6. The summed E-state index contributed by atoms with van der Waals surface area (Å²) in [6.45, 7) is 1.94. The van der Waals surface area contributed by atoms with Crippen molar-refractivity contribution >= 4 is 16.0 Å². The minimum absolute atomic E-state index is 0.0639. The maximum absolute atomic E-state index is 12.0. The minimum atomic E-state index is -3.29. The molecule has 0 amide bonds. The van der Waals surface area contributed by atoms with Crippen molar-refractivity contribution in [3.63, 3.8) is 0 Å². The van der Waals surface area contributed by atoms with E-state index in [0.717, 1.165) is 19.4 Å². The van der Waals surface area contributed by atoms with Crippen molar-refractivity contribution in [2.75, 3.05) is 32.4 Å². The van der Waals surface area contributed by atoms with Crippen LogP contribution in [0.5, 0.6) is 0 Å². The Morgan fingerprint density at radius 1 is 1.50 bits per heavy atom. The lowest BCUT2D eigenvalue weighted by atomic mass is 10.00. The predicted molar refractivity (Wildman–Crippen MR) is 68.9 cm³/mol. The van der Waals surface area contributed by atoms with E-state index in [-0.39, 0.29) is 18.6 Å². The molecule has 0 radical (unpaired) electrons. The van der Waals surface area contributed by atoms with Crippen LogP contribution >= 0.6 is 0 Å². The fourth-order valence-corrected chi connectivity index (χ4v) is 3.88. The van der Waals surface area contributed by atoms with Crippen molar-refractivity contribution in [3.8, 4) is 0 Å². The maximum atomic E-state index is 12.0. The van der Waals surface area contributed by atoms with Gasteiger partial charge in [-0.15, -0.1) is 0 Å². The molecule has 0 saturated carbocycles. The van der Waals surface area contributed by atoms with Gasteiger partial charge < -0.3 is 10.4 Å². The number of piperidine rings is 1. The molecule has 0 spiro atoms. The molecule has 0 aromatic heterocycles. The van der Waals surface area contributed by atoms with Crippen LogP contribution in [0.15, 0.2) is 0 Å². The molecular weight excluding hydrogens is 256 g/mol. The van der Waals surface area contributed by atoms with Crippen LogP contribution in [0.25, 0.3) is 0 Å². The molecule has 1 aliphatic heterocycles. The highest BCUT2D eigenvalue weighted by molar-refractivity contribution is 7.89. The quantitative estimate of drug-likeness (QED) is 0.690. The summed E-state index contributed by atoms with van der Waals surface area (Å²) in [6, 6.07) is 0. The molecule has 1 unspecified atom stereocenters. The number of carboxylic acids is 1. The number of rotatable bonds is 7. The van der Waals surface area contributed by atoms with Crippen LogP contribution in [0.4, 0.5) is 0 Å². The normalized spacial score (nSPS) is 21.9. The summed E-state index contributed by atoms with van der Waals surface area (Å²) >= 11 is 0. The van der Waals surface area contributed by atoms with Crippen molar-refractivity contribution in [2.45, 2.75) is 25.7 Å². The molecule has 0 aromatic rings. The average Bonchev–Trinajstić information content (AvgIpc) is 2.29. The molecule has 18 heavy (non-hydrogen) atoms. The maximum Gasteiger partial charge on any atom is 0.303 e. The number of carboxylic acid groups (broad SMARTS) is 1. The first-order chi connectivity index (χ1) is 8.45. The van der Waals surface area contributed by atoms with E-state index in [1.54, 1.807) is 0 Å². The zero-order chi connectivity index (χ0) is 13.6. The summed E-state index contributed by atoms with van der Waals surface area (Å²) in [5.74, 6) is -0.652. The predicted octanol–water partition coefficient (Wildman–Crippen LogP) is 0.112. The molecule has 1 saturated heterocycles. The van der Waals surface area contributed by atoms with Crippen LogP contribution in [0.1, 0.15) is 25.7 Å². The van der Waals surface area contributed by atoms with Crippen molar-refractivity contribution in [1.29, 1.82) is 0 Å². The second-order valence-corrected chi connectivity index (χ2v) is 6.83. The lowest BCUT2D eigenvalue weighted by Gasteiger charge is -2.31. The Bertz CT molecular complexity index is 367. The summed E-state index contributed by atoms with van der Waals surface area (Å²) in [6.07, 6.45) is 2.02. The third kappa shape index (κ3) is 4.91. The molecule has 1 rings (SSSR count). The number of hydrogen-bond acceptors (Lipinski definition) is 4. The number of nitrogens with zero attached hydrogens (tertiary/aromatic N) is 1. The standard InChI is InChI=1S/C11H22N2O4S/c1-12-8-10-4-2-6-13(9-10)18(16,17)7-3-5-11(14)15/h10,12H,2-9H2,1H3,(H,14,15). The van der Waals surface area contributed by atoms with Gasteiger partial charge in [-0.1, -0.05) is 0 Å². The van der Waals surface area contributed by atoms with E-state index >= 15 is 0 Å². The molecule has 106 valence electrons. The van der Waals surface area contributed by atoms with Gasteiger partial charge in [0.15, 0.2) is 0 Å². The Morgan fingerprint density at radius 2 is 2.22 bits per heavy atom. The van der Waals surface area contributed by atoms with Crippen LogP contribution < -0.4 is 5.32 Å². The molecule has 0 bridgehead atoms. The van der Waals surface area contributed by atoms with Gasteiger partial charge in [-0.3, -0.25) is 4.79 Å². The van der Waals surface area contributed by atoms with Crippen molar-refractivity contribution < 1.29 is 18.3 Å². The van der Waals surface area contributed by atoms with E-state index in [1.165, 1.54) is 4.31 Å². The second-order valence-electron chi connectivity index (χ2n) is 4.74. The first-order valence-electron chi connectivity index (χ1n) is 6.30. The number of carbonyl (C=O) groups is 1. The van der Waals surface area contributed by atoms with Crippen molar-refractivity contribution in [3.05, 3.63) is 0 Å². The smallest absolute Gasteiger partial charge is 0.303 e. The topological polar surface area (TPSA) is 86.7 Å². The summed E-state index contributed by atoms with van der Waals surface area (Å²) in [5.41, 5.74) is 0. The number of hydrogen-bond donors (Lipinski definition) is 2. The Morgan fingerprint density at radius 3 is 2.83 bits per heavy atom. The number of aliphatic carboxylic acids is 1. The van der Waals surface area contributed by atoms with Crippen molar-refractivity contribution in [2.24, 2.45) is 5.92 Å². The van der Waals surface area contributed by atoms with Gasteiger partial charge in [0.2, 0.25) is 10.0 Å². The van der Waals surface area contributed by atoms with Gasteiger partial charge in [0.1, 0.15) is 0 Å². The van der Waals surface area contributed by atoms with Crippen LogP contribution in [-0.2, 0) is 14.8 Å². The fraction of sp³-hybridized carbons (Fsp3) is 0.909. The zero-order valence-electron chi connectivity index (χ0n) is 10.8. The summed E-state index contributed by atoms with van der Waals surface area (Å²) in [4.78, 5) is 10.4. The number of nitrogens with one attached hydrogen (secondary N) is 1. The molecule has 1 atom stereocenters. The molecule has 0 aliphatic carbocycles. The Balaban J connectivity index is 2.48. The zero-order valence-corrected chi connectivity index (χ0v) is 11.6. The highest BCUT2D eigenvalue weighted by atomic mass is 32.2. The van der Waals surface area contributed by atoms with Gasteiger partial charge in [-0.05, 0) is 38.8 Å². The van der Waals surface area contributed by atoms with E-state index in [0.29, 0.717) is 19.0 Å². The first-order valence-corrected chi connectivity index (χ1v) is 7.91. The second kappa shape index (κ2) is 7.06. The molecule has 2 N–H and O–H groups in total. The van der Waals surface area contributed by atoms with Gasteiger partial charge in [0.05, 0.1) is 5.75 Å². The molecule has 7 heteroatoms. The van der Waals surface area contributed by atoms with Gasteiger partial charge in [-0.25, -0.2) is 12.7 Å². The van der Waals surface area contributed by atoms with Crippen molar-refractivity contribution in [1.82, 2.24) is 9.62 Å². The minimum Gasteiger partial charge on any atom is -0.481 e. The van der Waals surface area contributed by atoms with Crippen LogP contribution in [-0.4, -0.2) is 56.2 Å². The lowest BCUT2D eigenvalue weighted by molar-refractivity contribution is -0.137. The van der Waals surface area contributed by atoms with E-state index < -0.39 is 16.0 Å².